The van der Waals surface area contributed by atoms with E-state index in [4.69, 9.17) is 19.4 Å². The summed E-state index contributed by atoms with van der Waals surface area (Å²) < 4.78 is 13.7. The summed E-state index contributed by atoms with van der Waals surface area (Å²) in [5, 5.41) is 16.3. The zero-order valence-electron chi connectivity index (χ0n) is 26.0. The molecule has 0 aromatic heterocycles. The van der Waals surface area contributed by atoms with Gasteiger partial charge in [-0.1, -0.05) is 182 Å². The van der Waals surface area contributed by atoms with E-state index in [0.29, 0.717) is 11.4 Å². The second-order valence-corrected chi connectivity index (χ2v) is 17.6. The third-order valence-electron chi connectivity index (χ3n) is 8.24. The fourth-order valence-corrected chi connectivity index (χ4v) is 12.9. The minimum Gasteiger partial charge on any atom is -0.438 e. The maximum Gasteiger partial charge on any atom is 0.380 e. The number of oxime groups is 2. The van der Waals surface area contributed by atoms with Gasteiger partial charge in [0.1, 0.15) is 0 Å². The van der Waals surface area contributed by atoms with E-state index in [9.17, 15) is 0 Å². The second-order valence-electron chi connectivity index (χ2n) is 11.1. The minimum absolute atomic E-state index is 0.650. The van der Waals surface area contributed by atoms with E-state index in [2.05, 4.69) is 146 Å². The molecule has 0 saturated carbocycles. The zero-order chi connectivity index (χ0) is 31.7. The van der Waals surface area contributed by atoms with Gasteiger partial charge in [-0.25, -0.2) is 0 Å². The van der Waals surface area contributed by atoms with Crippen molar-refractivity contribution in [2.75, 3.05) is 0 Å². The first-order chi connectivity index (χ1) is 22.6. The maximum atomic E-state index is 6.86. The molecule has 0 aliphatic rings. The summed E-state index contributed by atoms with van der Waals surface area (Å²) in [7, 11) is -6.05. The molecule has 46 heavy (non-hydrogen) atoms. The Bertz CT molecular complexity index is 1550. The van der Waals surface area contributed by atoms with Crippen molar-refractivity contribution in [2.24, 2.45) is 10.3 Å². The van der Waals surface area contributed by atoms with E-state index in [1.54, 1.807) is 0 Å². The molecule has 4 nitrogen and oxygen atoms in total. The van der Waals surface area contributed by atoms with Crippen molar-refractivity contribution in [1.82, 2.24) is 0 Å². The van der Waals surface area contributed by atoms with Crippen LogP contribution in [0.1, 0.15) is 13.8 Å². The summed E-state index contributed by atoms with van der Waals surface area (Å²) in [5.74, 6) is 0. The number of hydrogen-bond acceptors (Lipinski definition) is 4. The van der Waals surface area contributed by atoms with Crippen LogP contribution in [0.4, 0.5) is 0 Å². The van der Waals surface area contributed by atoms with Gasteiger partial charge in [-0.2, -0.15) is 0 Å². The predicted octanol–water partition coefficient (Wildman–Crippen LogP) is 5.11. The summed E-state index contributed by atoms with van der Waals surface area (Å²) in [5.41, 5.74) is 1.30. The average Bonchev–Trinajstić information content (AvgIpc) is 3.14. The van der Waals surface area contributed by atoms with E-state index in [1.807, 2.05) is 50.2 Å². The minimum atomic E-state index is -3.02. The fraction of sp³-hybridized carbons (Fsp3) is 0.0500. The first-order valence-electron chi connectivity index (χ1n) is 15.4. The molecule has 0 unspecified atom stereocenters. The summed E-state index contributed by atoms with van der Waals surface area (Å²) in [6.07, 6.45) is 0. The SMILES string of the molecule is CC(=NO[Si](c1ccccc1)(c1ccccc1)c1ccccc1)C(C)=NO[Si](c1ccccc1)(c1ccccc1)c1ccccc1. The van der Waals surface area contributed by atoms with Crippen molar-refractivity contribution in [3.8, 4) is 0 Å². The van der Waals surface area contributed by atoms with Gasteiger partial charge in [0.25, 0.3) is 0 Å². The molecule has 0 bridgehead atoms. The Morgan fingerprint density at radius 3 is 0.674 bits per heavy atom. The van der Waals surface area contributed by atoms with Crippen molar-refractivity contribution in [3.63, 3.8) is 0 Å². The summed E-state index contributed by atoms with van der Waals surface area (Å²) in [6.45, 7) is 3.86. The highest BCUT2D eigenvalue weighted by Crippen LogP contribution is 2.13. The lowest BCUT2D eigenvalue weighted by atomic mass is 10.3. The third-order valence-corrected chi connectivity index (χ3v) is 15.9. The number of benzene rings is 6. The van der Waals surface area contributed by atoms with Crippen LogP contribution in [0, 0.1) is 0 Å². The van der Waals surface area contributed by atoms with Crippen LogP contribution in [0.2, 0.25) is 0 Å². The van der Waals surface area contributed by atoms with Crippen LogP contribution in [0.25, 0.3) is 0 Å². The van der Waals surface area contributed by atoms with Gasteiger partial charge >= 0.3 is 16.6 Å². The van der Waals surface area contributed by atoms with Crippen LogP contribution in [0.5, 0.6) is 0 Å². The van der Waals surface area contributed by atoms with Crippen molar-refractivity contribution in [3.05, 3.63) is 182 Å². The molecule has 0 N–H and O–H groups in total. The van der Waals surface area contributed by atoms with E-state index in [-0.39, 0.29) is 0 Å². The van der Waals surface area contributed by atoms with Crippen molar-refractivity contribution < 1.29 is 9.05 Å². The van der Waals surface area contributed by atoms with Gasteiger partial charge in [0.2, 0.25) is 0 Å². The lowest BCUT2D eigenvalue weighted by Crippen LogP contribution is -2.68. The molecule has 0 heterocycles. The van der Waals surface area contributed by atoms with Crippen LogP contribution < -0.4 is 31.1 Å². The number of nitrogens with zero attached hydrogens (tertiary/aromatic N) is 2. The highest BCUT2D eigenvalue weighted by molar-refractivity contribution is 7.07. The largest absolute Gasteiger partial charge is 0.438 e. The summed E-state index contributed by atoms with van der Waals surface area (Å²) in [4.78, 5) is 0. The fourth-order valence-electron chi connectivity index (χ4n) is 5.76. The molecular weight excluding hydrogens is 597 g/mol. The Morgan fingerprint density at radius 1 is 0.326 bits per heavy atom. The standard InChI is InChI=1S/C40H36N2O2Si2/c1-33(41-43-45(35-21-9-3-10-22-35,36-23-11-4-12-24-36)37-25-13-5-14-26-37)34(2)42-44-46(38-27-15-6-16-28-38,39-29-17-7-18-30-39)40-31-19-8-20-32-40/h3-32H,1-2H3. The van der Waals surface area contributed by atoms with Gasteiger partial charge in [-0.15, -0.1) is 10.3 Å². The predicted molar refractivity (Wildman–Crippen MR) is 196 cm³/mol. The van der Waals surface area contributed by atoms with Crippen molar-refractivity contribution >= 4 is 59.2 Å². The Hall–Kier alpha value is -5.31. The highest BCUT2D eigenvalue weighted by Gasteiger charge is 2.46. The van der Waals surface area contributed by atoms with E-state index < -0.39 is 16.6 Å². The van der Waals surface area contributed by atoms with E-state index in [0.717, 1.165) is 31.1 Å². The third kappa shape index (κ3) is 6.13. The van der Waals surface area contributed by atoms with Crippen molar-refractivity contribution in [2.45, 2.75) is 13.8 Å². The van der Waals surface area contributed by atoms with E-state index in [1.165, 1.54) is 0 Å². The average molecular weight is 633 g/mol. The summed E-state index contributed by atoms with van der Waals surface area (Å²) >= 11 is 0. The molecule has 0 spiro atoms. The number of hydrogen-bond donors (Lipinski definition) is 0. The van der Waals surface area contributed by atoms with Gasteiger partial charge in [0, 0.05) is 0 Å². The van der Waals surface area contributed by atoms with Gasteiger partial charge in [-0.3, -0.25) is 0 Å². The number of rotatable bonds is 11. The van der Waals surface area contributed by atoms with Crippen LogP contribution in [0.15, 0.2) is 192 Å². The van der Waals surface area contributed by atoms with Crippen LogP contribution >= 0.6 is 0 Å². The first-order valence-corrected chi connectivity index (χ1v) is 19.3. The molecular formula is C40H36N2O2Si2. The normalized spacial score (nSPS) is 12.4. The summed E-state index contributed by atoms with van der Waals surface area (Å²) in [6, 6.07) is 62.6. The van der Waals surface area contributed by atoms with Crippen LogP contribution in [-0.2, 0) is 9.05 Å². The Morgan fingerprint density at radius 2 is 0.500 bits per heavy atom. The molecule has 0 aliphatic carbocycles. The quantitative estimate of drug-likeness (QED) is 0.0863. The van der Waals surface area contributed by atoms with E-state index >= 15 is 0 Å². The Kier molecular flexibility index (Phi) is 9.48. The van der Waals surface area contributed by atoms with Crippen LogP contribution in [-0.4, -0.2) is 28.1 Å². The lowest BCUT2D eigenvalue weighted by Gasteiger charge is -2.31. The monoisotopic (exact) mass is 632 g/mol. The molecule has 6 rings (SSSR count). The van der Waals surface area contributed by atoms with Gasteiger partial charge in [-0.05, 0) is 45.0 Å². The molecule has 6 aromatic rings. The first kappa shape index (κ1) is 30.7. The maximum absolute atomic E-state index is 6.86. The Labute approximate surface area is 273 Å². The molecule has 0 amide bonds. The highest BCUT2D eigenvalue weighted by atomic mass is 28.4. The van der Waals surface area contributed by atoms with Gasteiger partial charge < -0.3 is 9.05 Å². The van der Waals surface area contributed by atoms with Gasteiger partial charge in [0.05, 0.1) is 11.4 Å². The smallest absolute Gasteiger partial charge is 0.380 e. The molecule has 0 saturated heterocycles. The molecule has 6 aromatic carbocycles. The topological polar surface area (TPSA) is 43.2 Å². The van der Waals surface area contributed by atoms with Gasteiger partial charge in [0.15, 0.2) is 0 Å². The molecule has 0 fully saturated rings. The molecule has 0 radical (unpaired) electrons. The molecule has 226 valence electrons. The Balaban J connectivity index is 1.44. The zero-order valence-corrected chi connectivity index (χ0v) is 28.0. The lowest BCUT2D eigenvalue weighted by molar-refractivity contribution is 0.343. The molecule has 0 aliphatic heterocycles. The van der Waals surface area contributed by atoms with Crippen molar-refractivity contribution in [1.29, 1.82) is 0 Å². The van der Waals surface area contributed by atoms with Crippen LogP contribution in [0.3, 0.4) is 0 Å². The second kappa shape index (κ2) is 14.2. The molecule has 6 heteroatoms. The molecule has 0 atom stereocenters.